The molecule has 2 unspecified atom stereocenters. The number of nitrogens with one attached hydrogen (secondary N) is 1. The number of benzene rings is 1. The molecule has 2 N–H and O–H groups in total. The van der Waals surface area contributed by atoms with Gasteiger partial charge in [0.1, 0.15) is 18.8 Å². The summed E-state index contributed by atoms with van der Waals surface area (Å²) in [7, 11) is 1.48. The van der Waals surface area contributed by atoms with Gasteiger partial charge < -0.3 is 19.9 Å². The van der Waals surface area contributed by atoms with Crippen LogP contribution < -0.4 is 5.32 Å². The zero-order valence-electron chi connectivity index (χ0n) is 11.0. The van der Waals surface area contributed by atoms with E-state index in [2.05, 4.69) is 5.32 Å². The van der Waals surface area contributed by atoms with E-state index in [4.69, 9.17) is 14.6 Å². The van der Waals surface area contributed by atoms with E-state index in [0.29, 0.717) is 0 Å². The first-order chi connectivity index (χ1) is 9.26. The van der Waals surface area contributed by atoms with Gasteiger partial charge in [0.25, 0.3) is 0 Å². The standard InChI is InChI=1S/C14H19NO4/c1-18-11(8-16)9-19-14(17)13-12-5-3-2-4-10(12)6-7-15-13/h2-5,11,13,15-16H,6-9H2,1H3. The van der Waals surface area contributed by atoms with Crippen LogP contribution in [0.3, 0.4) is 0 Å². The van der Waals surface area contributed by atoms with Gasteiger partial charge in [-0.1, -0.05) is 24.3 Å². The number of hydrogen-bond acceptors (Lipinski definition) is 5. The number of carbonyl (C=O) groups excluding carboxylic acids is 1. The largest absolute Gasteiger partial charge is 0.461 e. The van der Waals surface area contributed by atoms with Gasteiger partial charge in [0.15, 0.2) is 0 Å². The van der Waals surface area contributed by atoms with E-state index in [9.17, 15) is 4.79 Å². The molecule has 0 saturated carbocycles. The molecule has 5 heteroatoms. The van der Waals surface area contributed by atoms with Gasteiger partial charge in [0, 0.05) is 13.7 Å². The number of fused-ring (bicyclic) bond motifs is 1. The molecule has 0 fully saturated rings. The molecule has 2 rings (SSSR count). The Labute approximate surface area is 112 Å². The Morgan fingerprint density at radius 1 is 1.53 bits per heavy atom. The molecule has 1 aromatic carbocycles. The highest BCUT2D eigenvalue weighted by Crippen LogP contribution is 2.23. The molecule has 0 spiro atoms. The molecule has 0 amide bonds. The number of ether oxygens (including phenoxy) is 2. The maximum Gasteiger partial charge on any atom is 0.327 e. The number of methoxy groups -OCH3 is 1. The second kappa shape index (κ2) is 6.65. The lowest BCUT2D eigenvalue weighted by atomic mass is 9.94. The van der Waals surface area contributed by atoms with Crippen molar-refractivity contribution in [1.82, 2.24) is 5.32 Å². The molecule has 5 nitrogen and oxygen atoms in total. The maximum absolute atomic E-state index is 12.1. The quantitative estimate of drug-likeness (QED) is 0.755. The minimum absolute atomic E-state index is 0.0617. The van der Waals surface area contributed by atoms with Crippen LogP contribution in [0.5, 0.6) is 0 Å². The van der Waals surface area contributed by atoms with Gasteiger partial charge in [0.05, 0.1) is 6.61 Å². The summed E-state index contributed by atoms with van der Waals surface area (Å²) in [6.45, 7) is 0.648. The van der Waals surface area contributed by atoms with E-state index in [1.807, 2.05) is 24.3 Å². The second-order valence-corrected chi connectivity index (χ2v) is 4.51. The van der Waals surface area contributed by atoms with Crippen LogP contribution in [0.2, 0.25) is 0 Å². The highest BCUT2D eigenvalue weighted by molar-refractivity contribution is 5.78. The number of aliphatic hydroxyl groups excluding tert-OH is 1. The fourth-order valence-electron chi connectivity index (χ4n) is 2.17. The van der Waals surface area contributed by atoms with Gasteiger partial charge >= 0.3 is 5.97 Å². The van der Waals surface area contributed by atoms with Crippen molar-refractivity contribution in [2.45, 2.75) is 18.6 Å². The fourth-order valence-corrected chi connectivity index (χ4v) is 2.17. The van der Waals surface area contributed by atoms with Gasteiger partial charge in [-0.05, 0) is 17.5 Å². The smallest absolute Gasteiger partial charge is 0.327 e. The van der Waals surface area contributed by atoms with Crippen LogP contribution in [0.15, 0.2) is 24.3 Å². The summed E-state index contributed by atoms with van der Waals surface area (Å²) in [5, 5.41) is 12.1. The van der Waals surface area contributed by atoms with Gasteiger partial charge in [-0.3, -0.25) is 0 Å². The van der Waals surface area contributed by atoms with E-state index >= 15 is 0 Å². The molecule has 0 radical (unpaired) electrons. The summed E-state index contributed by atoms with van der Waals surface area (Å²) < 4.78 is 10.2. The van der Waals surface area contributed by atoms with Gasteiger partial charge in [0.2, 0.25) is 0 Å². The first-order valence-corrected chi connectivity index (χ1v) is 6.37. The molecule has 0 aliphatic carbocycles. The number of esters is 1. The molecule has 104 valence electrons. The Balaban J connectivity index is 2.01. The van der Waals surface area contributed by atoms with Crippen LogP contribution >= 0.6 is 0 Å². The molecule has 1 aromatic rings. The second-order valence-electron chi connectivity index (χ2n) is 4.51. The minimum Gasteiger partial charge on any atom is -0.461 e. The third-order valence-corrected chi connectivity index (χ3v) is 3.29. The van der Waals surface area contributed by atoms with Crippen molar-refractivity contribution in [1.29, 1.82) is 0 Å². The normalized spacial score (nSPS) is 19.6. The molecule has 0 bridgehead atoms. The summed E-state index contributed by atoms with van der Waals surface area (Å²) in [6, 6.07) is 7.42. The summed E-state index contributed by atoms with van der Waals surface area (Å²) in [5.74, 6) is -0.331. The van der Waals surface area contributed by atoms with Crippen LogP contribution in [0.25, 0.3) is 0 Å². The van der Waals surface area contributed by atoms with Crippen molar-refractivity contribution in [3.63, 3.8) is 0 Å². The zero-order chi connectivity index (χ0) is 13.7. The summed E-state index contributed by atoms with van der Waals surface area (Å²) >= 11 is 0. The molecule has 19 heavy (non-hydrogen) atoms. The highest BCUT2D eigenvalue weighted by Gasteiger charge is 2.27. The first-order valence-electron chi connectivity index (χ1n) is 6.37. The molecule has 2 atom stereocenters. The Morgan fingerprint density at radius 3 is 3.05 bits per heavy atom. The zero-order valence-corrected chi connectivity index (χ0v) is 11.0. The Morgan fingerprint density at radius 2 is 2.32 bits per heavy atom. The van der Waals surface area contributed by atoms with Gasteiger partial charge in [-0.2, -0.15) is 0 Å². The van der Waals surface area contributed by atoms with E-state index in [1.165, 1.54) is 12.7 Å². The number of aliphatic hydroxyl groups is 1. The maximum atomic E-state index is 12.1. The predicted octanol–water partition coefficient (Wildman–Crippen LogP) is 0.424. The van der Waals surface area contributed by atoms with Gasteiger partial charge in [-0.25, -0.2) is 4.79 Å². The predicted molar refractivity (Wildman–Crippen MR) is 69.7 cm³/mol. The third kappa shape index (κ3) is 3.32. The fraction of sp³-hybridized carbons (Fsp3) is 0.500. The van der Waals surface area contributed by atoms with Crippen LogP contribution in [-0.4, -0.2) is 44.0 Å². The lowest BCUT2D eigenvalue weighted by Gasteiger charge is -2.25. The molecular formula is C14H19NO4. The Bertz CT molecular complexity index is 431. The van der Waals surface area contributed by atoms with E-state index in [1.54, 1.807) is 0 Å². The first kappa shape index (κ1) is 14.0. The summed E-state index contributed by atoms with van der Waals surface area (Å²) in [5.41, 5.74) is 2.14. The van der Waals surface area contributed by atoms with Crippen LogP contribution in [0.1, 0.15) is 17.2 Å². The average molecular weight is 265 g/mol. The van der Waals surface area contributed by atoms with Gasteiger partial charge in [-0.15, -0.1) is 0 Å². The number of hydrogen-bond donors (Lipinski definition) is 2. The third-order valence-electron chi connectivity index (χ3n) is 3.29. The van der Waals surface area contributed by atoms with Crippen molar-refractivity contribution in [2.24, 2.45) is 0 Å². The van der Waals surface area contributed by atoms with Crippen LogP contribution in [0.4, 0.5) is 0 Å². The van der Waals surface area contributed by atoms with Crippen molar-refractivity contribution >= 4 is 5.97 Å². The molecule has 1 aliphatic rings. The van der Waals surface area contributed by atoms with Crippen molar-refractivity contribution in [3.05, 3.63) is 35.4 Å². The SMILES string of the molecule is COC(CO)COC(=O)C1NCCc2ccccc21. The van der Waals surface area contributed by atoms with E-state index < -0.39 is 12.1 Å². The number of rotatable bonds is 5. The van der Waals surface area contributed by atoms with E-state index in [-0.39, 0.29) is 19.2 Å². The molecule has 0 saturated heterocycles. The Kier molecular flexibility index (Phi) is 4.90. The highest BCUT2D eigenvalue weighted by atomic mass is 16.6. The lowest BCUT2D eigenvalue weighted by Crippen LogP contribution is -2.37. The monoisotopic (exact) mass is 265 g/mol. The Hall–Kier alpha value is -1.43. The van der Waals surface area contributed by atoms with Crippen molar-refractivity contribution in [3.8, 4) is 0 Å². The molecule has 1 aliphatic heterocycles. The molecular weight excluding hydrogens is 246 g/mol. The summed E-state index contributed by atoms with van der Waals surface area (Å²) in [6.07, 6.45) is 0.444. The molecule has 0 aromatic heterocycles. The molecule has 1 heterocycles. The van der Waals surface area contributed by atoms with Crippen LogP contribution in [0, 0.1) is 0 Å². The summed E-state index contributed by atoms with van der Waals surface area (Å²) in [4.78, 5) is 12.1. The van der Waals surface area contributed by atoms with Crippen molar-refractivity contribution < 1.29 is 19.4 Å². The number of carbonyl (C=O) groups is 1. The van der Waals surface area contributed by atoms with Crippen molar-refractivity contribution in [2.75, 3.05) is 26.9 Å². The van der Waals surface area contributed by atoms with E-state index in [0.717, 1.165) is 18.5 Å². The topological polar surface area (TPSA) is 67.8 Å². The minimum atomic E-state index is -0.470. The average Bonchev–Trinajstić information content (AvgIpc) is 2.47. The van der Waals surface area contributed by atoms with Crippen LogP contribution in [-0.2, 0) is 20.7 Å². The lowest BCUT2D eigenvalue weighted by molar-refractivity contribution is -0.151.